The predicted octanol–water partition coefficient (Wildman–Crippen LogP) is 2.75. The van der Waals surface area contributed by atoms with Gasteiger partial charge < -0.3 is 10.4 Å². The molecule has 20 heavy (non-hydrogen) atoms. The molecular weight excluding hydrogens is 261 g/mol. The highest BCUT2D eigenvalue weighted by Gasteiger charge is 2.35. The zero-order valence-corrected chi connectivity index (χ0v) is 12.0. The van der Waals surface area contributed by atoms with Crippen LogP contribution >= 0.6 is 0 Å². The van der Waals surface area contributed by atoms with Crippen molar-refractivity contribution in [3.05, 3.63) is 35.1 Å². The van der Waals surface area contributed by atoms with E-state index in [2.05, 4.69) is 5.32 Å². The first-order chi connectivity index (χ1) is 9.34. The van der Waals surface area contributed by atoms with Gasteiger partial charge in [-0.1, -0.05) is 13.8 Å². The van der Waals surface area contributed by atoms with E-state index in [9.17, 15) is 19.1 Å². The molecule has 0 saturated carbocycles. The van der Waals surface area contributed by atoms with Crippen LogP contribution in [0.15, 0.2) is 18.2 Å². The van der Waals surface area contributed by atoms with Crippen LogP contribution in [0.4, 0.5) is 4.39 Å². The highest BCUT2D eigenvalue weighted by Crippen LogP contribution is 2.25. The molecule has 0 aromatic heterocycles. The van der Waals surface area contributed by atoms with Gasteiger partial charge in [0.1, 0.15) is 5.82 Å². The number of hydrogen-bond donors (Lipinski definition) is 2. The fourth-order valence-electron chi connectivity index (χ4n) is 2.10. The summed E-state index contributed by atoms with van der Waals surface area (Å²) in [5.41, 5.74) is -0.127. The summed E-state index contributed by atoms with van der Waals surface area (Å²) < 4.78 is 13.2. The second kappa shape index (κ2) is 6.50. The van der Waals surface area contributed by atoms with E-state index in [-0.39, 0.29) is 12.1 Å². The summed E-state index contributed by atoms with van der Waals surface area (Å²) in [4.78, 5) is 23.3. The van der Waals surface area contributed by atoms with Crippen molar-refractivity contribution in [1.82, 2.24) is 5.32 Å². The quantitative estimate of drug-likeness (QED) is 0.842. The van der Waals surface area contributed by atoms with Crippen molar-refractivity contribution in [3.63, 3.8) is 0 Å². The first-order valence-electron chi connectivity index (χ1n) is 6.63. The average molecular weight is 281 g/mol. The van der Waals surface area contributed by atoms with E-state index >= 15 is 0 Å². The van der Waals surface area contributed by atoms with Crippen LogP contribution in [-0.4, -0.2) is 23.5 Å². The molecule has 0 fully saturated rings. The van der Waals surface area contributed by atoms with Crippen LogP contribution < -0.4 is 5.32 Å². The van der Waals surface area contributed by atoms with E-state index in [0.29, 0.717) is 18.4 Å². The van der Waals surface area contributed by atoms with Gasteiger partial charge in [-0.25, -0.2) is 4.39 Å². The Morgan fingerprint density at radius 3 is 2.30 bits per heavy atom. The van der Waals surface area contributed by atoms with Crippen molar-refractivity contribution in [1.29, 1.82) is 0 Å². The van der Waals surface area contributed by atoms with Crippen LogP contribution in [0.25, 0.3) is 0 Å². The predicted molar refractivity (Wildman–Crippen MR) is 74.1 cm³/mol. The number of carboxylic acid groups (broad SMARTS) is 1. The van der Waals surface area contributed by atoms with Crippen molar-refractivity contribution < 1.29 is 19.1 Å². The summed E-state index contributed by atoms with van der Waals surface area (Å²) in [6, 6.07) is 4.04. The highest BCUT2D eigenvalue weighted by molar-refractivity contribution is 5.94. The van der Waals surface area contributed by atoms with Crippen LogP contribution in [0.1, 0.15) is 42.6 Å². The third-order valence-corrected chi connectivity index (χ3v) is 3.70. The third kappa shape index (κ3) is 3.56. The summed E-state index contributed by atoms with van der Waals surface area (Å²) in [6.45, 7) is 5.27. The molecule has 2 N–H and O–H groups in total. The van der Waals surface area contributed by atoms with E-state index in [0.717, 1.165) is 6.07 Å². The number of carbonyl (C=O) groups excluding carboxylic acids is 1. The summed E-state index contributed by atoms with van der Waals surface area (Å²) in [5, 5.41) is 11.9. The van der Waals surface area contributed by atoms with Gasteiger partial charge in [0.15, 0.2) is 0 Å². The van der Waals surface area contributed by atoms with Gasteiger partial charge in [0.2, 0.25) is 0 Å². The number of halogens is 1. The molecule has 0 heterocycles. The van der Waals surface area contributed by atoms with Crippen LogP contribution in [0, 0.1) is 18.2 Å². The molecule has 4 nitrogen and oxygen atoms in total. The van der Waals surface area contributed by atoms with Crippen molar-refractivity contribution in [3.8, 4) is 0 Å². The molecule has 0 bridgehead atoms. The lowest BCUT2D eigenvalue weighted by molar-refractivity contribution is -0.149. The SMILES string of the molecule is CCC(CC)(CNC(=O)c1cc(C)cc(F)c1)C(=O)O. The fraction of sp³-hybridized carbons (Fsp3) is 0.467. The number of carbonyl (C=O) groups is 2. The van der Waals surface area contributed by atoms with Gasteiger partial charge in [0.05, 0.1) is 5.41 Å². The van der Waals surface area contributed by atoms with Crippen molar-refractivity contribution in [2.45, 2.75) is 33.6 Å². The molecule has 0 unspecified atom stereocenters. The second-order valence-electron chi connectivity index (χ2n) is 4.99. The largest absolute Gasteiger partial charge is 0.481 e. The molecule has 1 aromatic carbocycles. The third-order valence-electron chi connectivity index (χ3n) is 3.70. The minimum absolute atomic E-state index is 0.0315. The van der Waals surface area contributed by atoms with Crippen LogP contribution in [0.3, 0.4) is 0 Å². The zero-order chi connectivity index (χ0) is 15.3. The Labute approximate surface area is 118 Å². The maximum absolute atomic E-state index is 13.2. The molecule has 1 rings (SSSR count). The summed E-state index contributed by atoms with van der Waals surface area (Å²) in [5.74, 6) is -1.87. The molecule has 1 amide bonds. The van der Waals surface area contributed by atoms with E-state index in [1.165, 1.54) is 6.07 Å². The average Bonchev–Trinajstić information content (AvgIpc) is 2.38. The Morgan fingerprint density at radius 1 is 1.25 bits per heavy atom. The fourth-order valence-corrected chi connectivity index (χ4v) is 2.10. The van der Waals surface area contributed by atoms with Crippen molar-refractivity contribution in [2.75, 3.05) is 6.54 Å². The first-order valence-corrected chi connectivity index (χ1v) is 6.63. The van der Waals surface area contributed by atoms with Gasteiger partial charge in [-0.2, -0.15) is 0 Å². The van der Waals surface area contributed by atoms with E-state index in [1.54, 1.807) is 26.8 Å². The van der Waals surface area contributed by atoms with Gasteiger partial charge in [-0.15, -0.1) is 0 Å². The molecule has 5 heteroatoms. The number of aliphatic carboxylic acids is 1. The number of benzene rings is 1. The lowest BCUT2D eigenvalue weighted by atomic mass is 9.82. The maximum atomic E-state index is 13.2. The summed E-state index contributed by atoms with van der Waals surface area (Å²) in [6.07, 6.45) is 0.836. The number of nitrogens with one attached hydrogen (secondary N) is 1. The normalized spacial score (nSPS) is 11.2. The van der Waals surface area contributed by atoms with Gasteiger partial charge in [-0.05, 0) is 43.5 Å². The van der Waals surface area contributed by atoms with Gasteiger partial charge in [0, 0.05) is 12.1 Å². The summed E-state index contributed by atoms with van der Waals surface area (Å²) in [7, 11) is 0. The second-order valence-corrected chi connectivity index (χ2v) is 4.99. The molecule has 0 radical (unpaired) electrons. The molecule has 0 atom stereocenters. The van der Waals surface area contributed by atoms with Gasteiger partial charge in [-0.3, -0.25) is 9.59 Å². The Hall–Kier alpha value is -1.91. The standard InChI is InChI=1S/C15H20FNO3/c1-4-15(5-2,14(19)20)9-17-13(18)11-6-10(3)7-12(16)8-11/h6-8H,4-5,9H2,1-3H3,(H,17,18)(H,19,20). The maximum Gasteiger partial charge on any atom is 0.311 e. The minimum atomic E-state index is -0.974. The molecule has 0 spiro atoms. The Bertz CT molecular complexity index is 490. The molecule has 0 saturated heterocycles. The molecule has 110 valence electrons. The first kappa shape index (κ1) is 16.1. The highest BCUT2D eigenvalue weighted by atomic mass is 19.1. The van der Waals surface area contributed by atoms with Crippen LogP contribution in [0.2, 0.25) is 0 Å². The van der Waals surface area contributed by atoms with E-state index < -0.39 is 23.1 Å². The monoisotopic (exact) mass is 281 g/mol. The Balaban J connectivity index is 2.83. The number of rotatable bonds is 6. The number of carboxylic acids is 1. The van der Waals surface area contributed by atoms with E-state index in [4.69, 9.17) is 0 Å². The van der Waals surface area contributed by atoms with Gasteiger partial charge in [0.25, 0.3) is 5.91 Å². The van der Waals surface area contributed by atoms with E-state index in [1.807, 2.05) is 0 Å². The molecule has 0 aliphatic heterocycles. The molecule has 0 aliphatic rings. The number of amides is 1. The van der Waals surface area contributed by atoms with Gasteiger partial charge >= 0.3 is 5.97 Å². The Kier molecular flexibility index (Phi) is 5.25. The summed E-state index contributed by atoms with van der Waals surface area (Å²) >= 11 is 0. The van der Waals surface area contributed by atoms with Crippen molar-refractivity contribution in [2.24, 2.45) is 5.41 Å². The van der Waals surface area contributed by atoms with Crippen LogP contribution in [-0.2, 0) is 4.79 Å². The van der Waals surface area contributed by atoms with Crippen LogP contribution in [0.5, 0.6) is 0 Å². The topological polar surface area (TPSA) is 66.4 Å². The molecule has 1 aromatic rings. The Morgan fingerprint density at radius 2 is 1.85 bits per heavy atom. The molecule has 0 aliphatic carbocycles. The number of aryl methyl sites for hydroxylation is 1. The zero-order valence-electron chi connectivity index (χ0n) is 12.0. The lowest BCUT2D eigenvalue weighted by Crippen LogP contribution is -2.42. The smallest absolute Gasteiger partial charge is 0.311 e. The van der Waals surface area contributed by atoms with Crippen molar-refractivity contribution >= 4 is 11.9 Å². The lowest BCUT2D eigenvalue weighted by Gasteiger charge is -2.26. The minimum Gasteiger partial charge on any atom is -0.481 e. The number of hydrogen-bond acceptors (Lipinski definition) is 2. The molecular formula is C15H20FNO3.